The second-order valence-electron chi connectivity index (χ2n) is 11.6. The van der Waals surface area contributed by atoms with Gasteiger partial charge in [-0.1, -0.05) is 109 Å². The molecule has 9 aromatic rings. The molecule has 0 spiro atoms. The predicted molar refractivity (Wildman–Crippen MR) is 198 cm³/mol. The Labute approximate surface area is 276 Å². The summed E-state index contributed by atoms with van der Waals surface area (Å²) in [6, 6.07) is 59.9. The van der Waals surface area contributed by atoms with Crippen molar-refractivity contribution in [2.45, 2.75) is 0 Å². The maximum absolute atomic E-state index is 6.24. The lowest BCUT2D eigenvalue weighted by Crippen LogP contribution is -2.10. The van der Waals surface area contributed by atoms with Crippen LogP contribution in [0.2, 0.25) is 0 Å². The van der Waals surface area contributed by atoms with Gasteiger partial charge in [0.25, 0.3) is 0 Å². The second-order valence-corrected chi connectivity index (χ2v) is 12.7. The average molecular weight is 621 g/mol. The van der Waals surface area contributed by atoms with Gasteiger partial charge in [0, 0.05) is 42.8 Å². The molecule has 0 fully saturated rings. The molecule has 222 valence electrons. The van der Waals surface area contributed by atoms with Crippen molar-refractivity contribution in [2.24, 2.45) is 0 Å². The van der Waals surface area contributed by atoms with Crippen LogP contribution in [0.15, 0.2) is 174 Å². The van der Waals surface area contributed by atoms with E-state index < -0.39 is 0 Å². The summed E-state index contributed by atoms with van der Waals surface area (Å²) in [5.41, 5.74) is 10.7. The standard InChI is InChI=1S/C43H28N2OS/c1-3-12-29(13-4-1)31-16-9-18-33(26-31)45(34-19-10-17-32(27-34)30-14-5-2-6-15-30)35-24-25-36-41(28-35)47-40-23-11-20-37(42(36)40)43-44-38-21-7-8-22-39(38)46-43/h1-28H. The summed E-state index contributed by atoms with van der Waals surface area (Å²) in [5, 5.41) is 2.37. The van der Waals surface area contributed by atoms with E-state index in [4.69, 9.17) is 9.40 Å². The van der Waals surface area contributed by atoms with Gasteiger partial charge >= 0.3 is 0 Å². The van der Waals surface area contributed by atoms with E-state index in [1.807, 2.05) is 24.3 Å². The Hall–Kier alpha value is -5.97. The molecule has 0 atom stereocenters. The Morgan fingerprint density at radius 3 is 1.74 bits per heavy atom. The summed E-state index contributed by atoms with van der Waals surface area (Å²) in [6.07, 6.45) is 0. The normalized spacial score (nSPS) is 11.4. The number of rotatable bonds is 6. The smallest absolute Gasteiger partial charge is 0.227 e. The van der Waals surface area contributed by atoms with E-state index in [2.05, 4.69) is 150 Å². The molecule has 0 bridgehead atoms. The van der Waals surface area contributed by atoms with Gasteiger partial charge in [-0.25, -0.2) is 4.98 Å². The Morgan fingerprint density at radius 2 is 1.06 bits per heavy atom. The maximum atomic E-state index is 6.24. The van der Waals surface area contributed by atoms with E-state index in [9.17, 15) is 0 Å². The van der Waals surface area contributed by atoms with Crippen LogP contribution in [0, 0.1) is 0 Å². The number of aromatic nitrogens is 1. The number of nitrogens with zero attached hydrogens (tertiary/aromatic N) is 2. The zero-order chi connectivity index (χ0) is 31.2. The monoisotopic (exact) mass is 620 g/mol. The first-order chi connectivity index (χ1) is 23.3. The summed E-state index contributed by atoms with van der Waals surface area (Å²) in [7, 11) is 0. The van der Waals surface area contributed by atoms with E-state index >= 15 is 0 Å². The fraction of sp³-hybridized carbons (Fsp3) is 0. The molecule has 4 heteroatoms. The van der Waals surface area contributed by atoms with Gasteiger partial charge in [-0.05, 0) is 82.9 Å². The minimum absolute atomic E-state index is 0.651. The molecule has 9 rings (SSSR count). The summed E-state index contributed by atoms with van der Waals surface area (Å²) in [6.45, 7) is 0. The summed E-state index contributed by atoms with van der Waals surface area (Å²) < 4.78 is 8.66. The number of oxazole rings is 1. The molecule has 0 aliphatic rings. The number of anilines is 3. The van der Waals surface area contributed by atoms with Crippen molar-refractivity contribution in [1.29, 1.82) is 0 Å². The van der Waals surface area contributed by atoms with E-state index in [0.717, 1.165) is 33.7 Å². The Bertz CT molecular complexity index is 2420. The Balaban J connectivity index is 1.22. The number of fused-ring (bicyclic) bond motifs is 4. The maximum Gasteiger partial charge on any atom is 0.227 e. The number of hydrogen-bond donors (Lipinski definition) is 0. The molecule has 0 radical (unpaired) electrons. The SMILES string of the molecule is c1ccc(-c2cccc(N(c3cccc(-c4ccccc4)c3)c3ccc4c(c3)sc3cccc(-c5nc6ccccc6o5)c34)c2)cc1. The highest BCUT2D eigenvalue weighted by atomic mass is 32.1. The lowest BCUT2D eigenvalue weighted by Gasteiger charge is -2.26. The van der Waals surface area contributed by atoms with Crippen LogP contribution in [0.3, 0.4) is 0 Å². The van der Waals surface area contributed by atoms with E-state index in [1.54, 1.807) is 11.3 Å². The van der Waals surface area contributed by atoms with Gasteiger partial charge in [0.15, 0.2) is 5.58 Å². The van der Waals surface area contributed by atoms with Gasteiger partial charge in [-0.3, -0.25) is 0 Å². The van der Waals surface area contributed by atoms with Crippen LogP contribution in [0.25, 0.3) is 65.0 Å². The van der Waals surface area contributed by atoms with Gasteiger partial charge in [0.05, 0.1) is 0 Å². The third-order valence-corrected chi connectivity index (χ3v) is 9.80. The fourth-order valence-electron chi connectivity index (χ4n) is 6.48. The molecule has 0 saturated heterocycles. The largest absolute Gasteiger partial charge is 0.436 e. The molecule has 2 heterocycles. The van der Waals surface area contributed by atoms with E-state index in [1.165, 1.54) is 42.4 Å². The molecular weight excluding hydrogens is 593 g/mol. The highest BCUT2D eigenvalue weighted by Gasteiger charge is 2.19. The van der Waals surface area contributed by atoms with Crippen molar-refractivity contribution in [3.8, 4) is 33.7 Å². The van der Waals surface area contributed by atoms with Crippen molar-refractivity contribution in [3.05, 3.63) is 170 Å². The van der Waals surface area contributed by atoms with E-state index in [-0.39, 0.29) is 0 Å². The molecule has 0 aliphatic heterocycles. The van der Waals surface area contributed by atoms with Crippen molar-refractivity contribution in [2.75, 3.05) is 4.90 Å². The van der Waals surface area contributed by atoms with Gasteiger partial charge in [0.1, 0.15) is 5.52 Å². The molecule has 2 aromatic heterocycles. The average Bonchev–Trinajstić information content (AvgIpc) is 3.74. The third kappa shape index (κ3) is 4.96. The van der Waals surface area contributed by atoms with Crippen LogP contribution in [-0.4, -0.2) is 4.98 Å². The first-order valence-electron chi connectivity index (χ1n) is 15.7. The summed E-state index contributed by atoms with van der Waals surface area (Å²) >= 11 is 1.80. The molecule has 0 unspecified atom stereocenters. The highest BCUT2D eigenvalue weighted by Crippen LogP contribution is 2.44. The molecular formula is C43H28N2OS. The molecule has 47 heavy (non-hydrogen) atoms. The van der Waals surface area contributed by atoms with Gasteiger partial charge < -0.3 is 9.32 Å². The van der Waals surface area contributed by atoms with Crippen LogP contribution in [0.1, 0.15) is 0 Å². The van der Waals surface area contributed by atoms with Gasteiger partial charge in [0.2, 0.25) is 5.89 Å². The van der Waals surface area contributed by atoms with Gasteiger partial charge in [-0.2, -0.15) is 0 Å². The van der Waals surface area contributed by atoms with E-state index in [0.29, 0.717) is 5.89 Å². The fourth-order valence-corrected chi connectivity index (χ4v) is 7.64. The lowest BCUT2D eigenvalue weighted by molar-refractivity contribution is 0.620. The Kier molecular flexibility index (Phi) is 6.65. The number of hydrogen-bond acceptors (Lipinski definition) is 4. The molecule has 0 N–H and O–H groups in total. The second kappa shape index (κ2) is 11.4. The van der Waals surface area contributed by atoms with Crippen molar-refractivity contribution in [1.82, 2.24) is 4.98 Å². The van der Waals surface area contributed by atoms with Crippen LogP contribution >= 0.6 is 11.3 Å². The minimum atomic E-state index is 0.651. The van der Waals surface area contributed by atoms with Crippen LogP contribution in [0.5, 0.6) is 0 Å². The third-order valence-electron chi connectivity index (χ3n) is 8.69. The molecule has 7 aromatic carbocycles. The zero-order valence-electron chi connectivity index (χ0n) is 25.4. The summed E-state index contributed by atoms with van der Waals surface area (Å²) in [5.74, 6) is 0.651. The molecule has 0 amide bonds. The van der Waals surface area contributed by atoms with Crippen molar-refractivity contribution in [3.63, 3.8) is 0 Å². The number of para-hydroxylation sites is 2. The predicted octanol–water partition coefficient (Wildman–Crippen LogP) is 12.7. The zero-order valence-corrected chi connectivity index (χ0v) is 26.2. The van der Waals surface area contributed by atoms with Crippen LogP contribution in [0.4, 0.5) is 17.1 Å². The summed E-state index contributed by atoms with van der Waals surface area (Å²) in [4.78, 5) is 7.21. The first kappa shape index (κ1) is 27.3. The highest BCUT2D eigenvalue weighted by molar-refractivity contribution is 7.26. The quantitative estimate of drug-likeness (QED) is 0.185. The number of thiophene rings is 1. The van der Waals surface area contributed by atoms with Crippen LogP contribution < -0.4 is 4.90 Å². The first-order valence-corrected chi connectivity index (χ1v) is 16.5. The van der Waals surface area contributed by atoms with Crippen molar-refractivity contribution < 1.29 is 4.42 Å². The molecule has 0 aliphatic carbocycles. The molecule has 0 saturated carbocycles. The molecule has 3 nitrogen and oxygen atoms in total. The topological polar surface area (TPSA) is 29.3 Å². The lowest BCUT2D eigenvalue weighted by atomic mass is 10.0. The van der Waals surface area contributed by atoms with Crippen LogP contribution in [-0.2, 0) is 0 Å². The van der Waals surface area contributed by atoms with Gasteiger partial charge in [-0.15, -0.1) is 11.3 Å². The van der Waals surface area contributed by atoms with Crippen molar-refractivity contribution >= 4 is 59.7 Å². The minimum Gasteiger partial charge on any atom is -0.436 e. The number of benzene rings is 7. The Morgan fingerprint density at radius 1 is 0.468 bits per heavy atom.